The highest BCUT2D eigenvalue weighted by Crippen LogP contribution is 2.23. The molecule has 5 heteroatoms. The number of benzene rings is 2. The molecule has 0 amide bonds. The molecule has 0 radical (unpaired) electrons. The van der Waals surface area contributed by atoms with Crippen molar-refractivity contribution in [3.63, 3.8) is 0 Å². The molecule has 0 fully saturated rings. The van der Waals surface area contributed by atoms with Crippen LogP contribution in [0, 0.1) is 6.92 Å². The summed E-state index contributed by atoms with van der Waals surface area (Å²) < 4.78 is 45.8. The molecule has 0 aliphatic rings. The molecule has 0 saturated heterocycles. The van der Waals surface area contributed by atoms with Crippen molar-refractivity contribution >= 4 is 0 Å². The zero-order chi connectivity index (χ0) is 15.3. The molecule has 0 spiro atoms. The zero-order valence-electron chi connectivity index (χ0n) is 11.5. The maximum atomic E-state index is 12.1. The molecule has 2 aromatic rings. The molecule has 0 atom stereocenters. The van der Waals surface area contributed by atoms with Crippen LogP contribution in [0.4, 0.5) is 13.2 Å². The largest absolute Gasteiger partial charge is 0.573 e. The molecule has 0 aromatic heterocycles. The predicted octanol–water partition coefficient (Wildman–Crippen LogP) is 4.52. The van der Waals surface area contributed by atoms with Crippen LogP contribution in [-0.2, 0) is 6.42 Å². The lowest BCUT2D eigenvalue weighted by Crippen LogP contribution is -2.17. The van der Waals surface area contributed by atoms with Gasteiger partial charge in [-0.1, -0.05) is 29.8 Å². The van der Waals surface area contributed by atoms with E-state index < -0.39 is 6.36 Å². The molecule has 0 saturated carbocycles. The standard InChI is InChI=1S/C16H15F3O2/c1-12-5-7-14(8-6-12)20-10-9-13-3-2-4-15(11-13)21-16(17,18)19/h2-8,11H,9-10H2,1H3. The van der Waals surface area contributed by atoms with E-state index in [0.29, 0.717) is 13.0 Å². The Morgan fingerprint density at radius 3 is 2.33 bits per heavy atom. The van der Waals surface area contributed by atoms with Crippen LogP contribution in [0.2, 0.25) is 0 Å². The third kappa shape index (κ3) is 5.38. The second kappa shape index (κ2) is 6.52. The van der Waals surface area contributed by atoms with Crippen LogP contribution in [0.15, 0.2) is 48.5 Å². The van der Waals surface area contributed by atoms with Gasteiger partial charge in [0.05, 0.1) is 6.61 Å². The summed E-state index contributed by atoms with van der Waals surface area (Å²) in [5, 5.41) is 0. The molecule has 2 aromatic carbocycles. The van der Waals surface area contributed by atoms with E-state index in [2.05, 4.69) is 4.74 Å². The Bertz CT molecular complexity index is 577. The van der Waals surface area contributed by atoms with Gasteiger partial charge in [0.2, 0.25) is 0 Å². The lowest BCUT2D eigenvalue weighted by molar-refractivity contribution is -0.274. The first-order valence-corrected chi connectivity index (χ1v) is 6.46. The number of hydrogen-bond donors (Lipinski definition) is 0. The monoisotopic (exact) mass is 296 g/mol. The molecule has 0 aliphatic carbocycles. The van der Waals surface area contributed by atoms with Gasteiger partial charge in [-0.25, -0.2) is 0 Å². The molecule has 0 N–H and O–H groups in total. The van der Waals surface area contributed by atoms with Gasteiger partial charge >= 0.3 is 6.36 Å². The summed E-state index contributed by atoms with van der Waals surface area (Å²) in [6.07, 6.45) is -4.17. The van der Waals surface area contributed by atoms with E-state index in [1.54, 1.807) is 6.07 Å². The minimum absolute atomic E-state index is 0.213. The van der Waals surface area contributed by atoms with Crippen LogP contribution in [0.1, 0.15) is 11.1 Å². The van der Waals surface area contributed by atoms with Crippen molar-refractivity contribution in [1.82, 2.24) is 0 Å². The minimum Gasteiger partial charge on any atom is -0.493 e. The second-order valence-electron chi connectivity index (χ2n) is 4.61. The van der Waals surface area contributed by atoms with E-state index in [0.717, 1.165) is 16.9 Å². The molecule has 0 bridgehead atoms. The lowest BCUT2D eigenvalue weighted by atomic mass is 10.1. The van der Waals surface area contributed by atoms with Crippen LogP contribution in [-0.4, -0.2) is 13.0 Å². The Morgan fingerprint density at radius 1 is 0.952 bits per heavy atom. The zero-order valence-corrected chi connectivity index (χ0v) is 11.5. The molecule has 21 heavy (non-hydrogen) atoms. The molecule has 0 heterocycles. The average Bonchev–Trinajstić information content (AvgIpc) is 2.39. The summed E-state index contributed by atoms with van der Waals surface area (Å²) in [5.41, 5.74) is 1.86. The van der Waals surface area contributed by atoms with Gasteiger partial charge in [0.25, 0.3) is 0 Å². The van der Waals surface area contributed by atoms with Gasteiger partial charge in [0.1, 0.15) is 11.5 Å². The van der Waals surface area contributed by atoms with E-state index in [-0.39, 0.29) is 5.75 Å². The van der Waals surface area contributed by atoms with Crippen molar-refractivity contribution in [2.45, 2.75) is 19.7 Å². The average molecular weight is 296 g/mol. The van der Waals surface area contributed by atoms with Crippen molar-refractivity contribution < 1.29 is 22.6 Å². The van der Waals surface area contributed by atoms with E-state index in [1.165, 1.54) is 18.2 Å². The van der Waals surface area contributed by atoms with Crippen molar-refractivity contribution in [3.8, 4) is 11.5 Å². The smallest absolute Gasteiger partial charge is 0.493 e. The first-order chi connectivity index (χ1) is 9.92. The fraction of sp³-hybridized carbons (Fsp3) is 0.250. The van der Waals surface area contributed by atoms with Gasteiger partial charge in [0, 0.05) is 6.42 Å². The molecule has 0 aliphatic heterocycles. The van der Waals surface area contributed by atoms with Crippen molar-refractivity contribution in [2.75, 3.05) is 6.61 Å². The fourth-order valence-electron chi connectivity index (χ4n) is 1.82. The third-order valence-electron chi connectivity index (χ3n) is 2.81. The van der Waals surface area contributed by atoms with E-state index in [1.807, 2.05) is 31.2 Å². The summed E-state index contributed by atoms with van der Waals surface area (Å²) in [6.45, 7) is 2.37. The Kier molecular flexibility index (Phi) is 4.73. The van der Waals surface area contributed by atoms with Crippen molar-refractivity contribution in [2.24, 2.45) is 0 Å². The number of halogens is 3. The van der Waals surface area contributed by atoms with Gasteiger partial charge in [0.15, 0.2) is 0 Å². The van der Waals surface area contributed by atoms with Crippen LogP contribution in [0.3, 0.4) is 0 Å². The number of ether oxygens (including phenoxy) is 2. The molecule has 0 unspecified atom stereocenters. The predicted molar refractivity (Wildman–Crippen MR) is 73.5 cm³/mol. The Labute approximate surface area is 121 Å². The number of aryl methyl sites for hydroxylation is 1. The normalized spacial score (nSPS) is 11.2. The fourth-order valence-corrected chi connectivity index (χ4v) is 1.82. The van der Waals surface area contributed by atoms with Gasteiger partial charge in [-0.05, 0) is 36.8 Å². The van der Waals surface area contributed by atoms with Gasteiger partial charge < -0.3 is 9.47 Å². The molecule has 112 valence electrons. The molecular weight excluding hydrogens is 281 g/mol. The van der Waals surface area contributed by atoms with Gasteiger partial charge in [-0.2, -0.15) is 0 Å². The van der Waals surface area contributed by atoms with Crippen LogP contribution < -0.4 is 9.47 Å². The van der Waals surface area contributed by atoms with Crippen molar-refractivity contribution in [3.05, 3.63) is 59.7 Å². The second-order valence-corrected chi connectivity index (χ2v) is 4.61. The topological polar surface area (TPSA) is 18.5 Å². The lowest BCUT2D eigenvalue weighted by Gasteiger charge is -2.10. The summed E-state index contributed by atoms with van der Waals surface area (Å²) in [6, 6.07) is 13.5. The molecule has 2 rings (SSSR count). The van der Waals surface area contributed by atoms with E-state index >= 15 is 0 Å². The number of rotatable bonds is 5. The highest BCUT2D eigenvalue weighted by atomic mass is 19.4. The Hall–Kier alpha value is -2.17. The van der Waals surface area contributed by atoms with Crippen LogP contribution >= 0.6 is 0 Å². The summed E-state index contributed by atoms with van der Waals surface area (Å²) in [4.78, 5) is 0. The highest BCUT2D eigenvalue weighted by molar-refractivity contribution is 5.29. The summed E-state index contributed by atoms with van der Waals surface area (Å²) >= 11 is 0. The Morgan fingerprint density at radius 2 is 1.67 bits per heavy atom. The molecular formula is C16H15F3O2. The van der Waals surface area contributed by atoms with E-state index in [4.69, 9.17) is 4.74 Å². The summed E-state index contributed by atoms with van der Waals surface area (Å²) in [5.74, 6) is 0.527. The number of alkyl halides is 3. The first kappa shape index (κ1) is 15.2. The number of hydrogen-bond acceptors (Lipinski definition) is 2. The minimum atomic E-state index is -4.67. The van der Waals surface area contributed by atoms with Crippen LogP contribution in [0.25, 0.3) is 0 Å². The SMILES string of the molecule is Cc1ccc(OCCc2cccc(OC(F)(F)F)c2)cc1. The Balaban J connectivity index is 1.88. The summed E-state index contributed by atoms with van der Waals surface area (Å²) in [7, 11) is 0. The van der Waals surface area contributed by atoms with E-state index in [9.17, 15) is 13.2 Å². The molecule has 2 nitrogen and oxygen atoms in total. The maximum absolute atomic E-state index is 12.1. The first-order valence-electron chi connectivity index (χ1n) is 6.46. The van der Waals surface area contributed by atoms with Crippen LogP contribution in [0.5, 0.6) is 11.5 Å². The van der Waals surface area contributed by atoms with Gasteiger partial charge in [-0.15, -0.1) is 13.2 Å². The van der Waals surface area contributed by atoms with Gasteiger partial charge in [-0.3, -0.25) is 0 Å². The third-order valence-corrected chi connectivity index (χ3v) is 2.81. The maximum Gasteiger partial charge on any atom is 0.573 e. The van der Waals surface area contributed by atoms with Crippen molar-refractivity contribution in [1.29, 1.82) is 0 Å². The highest BCUT2D eigenvalue weighted by Gasteiger charge is 2.31. The quantitative estimate of drug-likeness (QED) is 0.808.